The zero-order valence-corrected chi connectivity index (χ0v) is 29.2. The molecule has 4 rings (SSSR count). The van der Waals surface area contributed by atoms with E-state index in [9.17, 15) is 8.42 Å². The summed E-state index contributed by atoms with van der Waals surface area (Å²) < 4.78 is 31.9. The van der Waals surface area contributed by atoms with Crippen molar-refractivity contribution in [3.63, 3.8) is 0 Å². The molecule has 3 aromatic rings. The maximum atomic E-state index is 12.0. The molecular formula is C31H39Cl2N3O3RuS. The van der Waals surface area contributed by atoms with Gasteiger partial charge in [0.25, 0.3) is 0 Å². The first-order chi connectivity index (χ1) is 19.1. The van der Waals surface area contributed by atoms with Crippen molar-refractivity contribution in [1.82, 2.24) is 4.31 Å². The maximum Gasteiger partial charge on any atom is 0.208 e. The number of benzene rings is 3. The van der Waals surface area contributed by atoms with Gasteiger partial charge >= 0.3 is 121 Å². The zero-order chi connectivity index (χ0) is 30.6. The third-order valence-corrected chi connectivity index (χ3v) is 10.4. The van der Waals surface area contributed by atoms with Crippen molar-refractivity contribution in [1.29, 1.82) is 0 Å². The Balaban J connectivity index is 0.000000233. The minimum atomic E-state index is -3.47. The van der Waals surface area contributed by atoms with Crippen molar-refractivity contribution < 1.29 is 26.7 Å². The van der Waals surface area contributed by atoms with E-state index in [1.165, 1.54) is 78.1 Å². The van der Waals surface area contributed by atoms with Crippen molar-refractivity contribution in [3.05, 3.63) is 88.1 Å². The van der Waals surface area contributed by atoms with Crippen LogP contribution in [-0.2, 0) is 23.5 Å². The van der Waals surface area contributed by atoms with Crippen molar-refractivity contribution in [2.75, 3.05) is 44.1 Å². The Hall–Kier alpha value is -1.96. The van der Waals surface area contributed by atoms with Crippen LogP contribution < -0.4 is 14.5 Å². The third-order valence-electron chi connectivity index (χ3n) is 6.77. The first kappa shape index (κ1) is 33.5. The second-order valence-corrected chi connectivity index (χ2v) is 18.3. The molecule has 1 heterocycles. The Morgan fingerprint density at radius 3 is 1.63 bits per heavy atom. The average Bonchev–Trinajstić information content (AvgIpc) is 3.31. The van der Waals surface area contributed by atoms with Gasteiger partial charge in [0.05, 0.1) is 0 Å². The van der Waals surface area contributed by atoms with E-state index in [-0.39, 0.29) is 4.90 Å². The number of hydrogen-bond acceptors (Lipinski definition) is 5. The standard InChI is InChI=1S/C21H26N2.C10H13NO3S.2ClH.Ru/c1-14-9-16(3)20(17(4)10-14)22-7-8-23(13-22)21-18(5)11-15(2)12-19(21)6;1-8-7-9(5-6-10(8)14-4)15(12,13)11(2)3;;;/h9-12H,7-8H2,1-6H3;1,5-7H,2-4H3;2*1H;/q;;;;+2/p-2. The van der Waals surface area contributed by atoms with Crippen LogP contribution in [0, 0.1) is 48.2 Å². The van der Waals surface area contributed by atoms with Crippen molar-refractivity contribution >= 4 is 45.4 Å². The fourth-order valence-electron chi connectivity index (χ4n) is 5.21. The first-order valence-corrected chi connectivity index (χ1v) is 20.0. The number of ether oxygens (including phenoxy) is 1. The summed E-state index contributed by atoms with van der Waals surface area (Å²) in [5, 5.41) is 0. The molecule has 0 bridgehead atoms. The second-order valence-electron chi connectivity index (χ2n) is 10.4. The largest absolute Gasteiger partial charge is 0.339 e. The molecule has 3 aromatic carbocycles. The average molecular weight is 706 g/mol. The van der Waals surface area contributed by atoms with Crippen LogP contribution in [0.4, 0.5) is 11.4 Å². The Morgan fingerprint density at radius 1 is 0.829 bits per heavy atom. The molecule has 41 heavy (non-hydrogen) atoms. The summed E-state index contributed by atoms with van der Waals surface area (Å²) in [5.41, 5.74) is 11.2. The van der Waals surface area contributed by atoms with Crippen molar-refractivity contribution in [2.24, 2.45) is 0 Å². The minimum absolute atomic E-state index is 0.184. The number of anilines is 2. The summed E-state index contributed by atoms with van der Waals surface area (Å²) in [4.78, 5) is 4.74. The van der Waals surface area contributed by atoms with Gasteiger partial charge in [0.1, 0.15) is 0 Å². The zero-order valence-electron chi connectivity index (χ0n) is 25.1. The molecule has 0 atom stereocenters. The van der Waals surface area contributed by atoms with Crippen LogP contribution in [0.3, 0.4) is 0 Å². The summed E-state index contributed by atoms with van der Waals surface area (Å²) in [6, 6.07) is 13.6. The molecule has 0 aliphatic carbocycles. The van der Waals surface area contributed by atoms with Crippen LogP contribution in [0.5, 0.6) is 5.75 Å². The minimum Gasteiger partial charge on any atom is -0.339 e. The molecule has 0 spiro atoms. The predicted octanol–water partition coefficient (Wildman–Crippen LogP) is 6.88. The SMILES string of the molecule is COc1ccc(S(=O)(=O)N(C)C)cc1[CH]=[Ru]([Cl])[Cl].Cc1cc(C)c(N2[C]N(c3c(C)cc(C)cc3C)CC2)c(C)c1. The Kier molecular flexibility index (Phi) is 11.5. The molecule has 1 aliphatic heterocycles. The summed E-state index contributed by atoms with van der Waals surface area (Å²) in [7, 11) is 12.6. The van der Waals surface area contributed by atoms with Gasteiger partial charge in [-0.1, -0.05) is 35.4 Å². The molecule has 0 saturated carbocycles. The van der Waals surface area contributed by atoms with Gasteiger partial charge in [-0.2, -0.15) is 0 Å². The van der Waals surface area contributed by atoms with E-state index in [4.69, 9.17) is 24.1 Å². The monoisotopic (exact) mass is 705 g/mol. The predicted molar refractivity (Wildman–Crippen MR) is 170 cm³/mol. The van der Waals surface area contributed by atoms with E-state index in [0.717, 1.165) is 17.4 Å². The van der Waals surface area contributed by atoms with Gasteiger partial charge < -0.3 is 9.80 Å². The van der Waals surface area contributed by atoms with Gasteiger partial charge in [0.15, 0.2) is 0 Å². The van der Waals surface area contributed by atoms with Crippen LogP contribution in [0.2, 0.25) is 0 Å². The summed E-state index contributed by atoms with van der Waals surface area (Å²) in [6.45, 7) is 18.7. The number of aryl methyl sites for hydroxylation is 6. The topological polar surface area (TPSA) is 53.1 Å². The fourth-order valence-corrected chi connectivity index (χ4v) is 7.93. The van der Waals surface area contributed by atoms with Crippen LogP contribution in [-0.4, -0.2) is 51.6 Å². The van der Waals surface area contributed by atoms with Gasteiger partial charge in [-0.15, -0.1) is 0 Å². The molecular weight excluding hydrogens is 666 g/mol. The summed E-state index contributed by atoms with van der Waals surface area (Å²) >= 11 is -2.05. The van der Waals surface area contributed by atoms with Gasteiger partial charge in [-0.05, 0) is 63.8 Å². The van der Waals surface area contributed by atoms with Crippen molar-refractivity contribution in [2.45, 2.75) is 46.4 Å². The molecule has 0 amide bonds. The Labute approximate surface area is 259 Å². The molecule has 1 aliphatic rings. The molecule has 1 fully saturated rings. The van der Waals surface area contributed by atoms with E-state index in [1.54, 1.807) is 10.7 Å². The normalized spacial score (nSPS) is 13.7. The van der Waals surface area contributed by atoms with Gasteiger partial charge in [-0.3, -0.25) is 0 Å². The maximum absolute atomic E-state index is 12.0. The molecule has 0 aromatic heterocycles. The quantitative estimate of drug-likeness (QED) is 0.262. The van der Waals surface area contributed by atoms with Crippen LogP contribution >= 0.6 is 19.4 Å². The molecule has 10 heteroatoms. The Morgan fingerprint density at radius 2 is 1.27 bits per heavy atom. The smallest absolute Gasteiger partial charge is 0.208 e. The fraction of sp³-hybridized carbons (Fsp3) is 0.355. The van der Waals surface area contributed by atoms with E-state index in [2.05, 4.69) is 82.3 Å². The first-order valence-electron chi connectivity index (χ1n) is 13.1. The number of sulfonamides is 1. The van der Waals surface area contributed by atoms with Crippen LogP contribution in [0.15, 0.2) is 47.4 Å². The van der Waals surface area contributed by atoms with Gasteiger partial charge in [-0.25, -0.2) is 0 Å². The number of nitrogens with zero attached hydrogens (tertiary/aromatic N) is 3. The van der Waals surface area contributed by atoms with Gasteiger partial charge in [0.2, 0.25) is 6.67 Å². The number of halogens is 2. The van der Waals surface area contributed by atoms with E-state index >= 15 is 0 Å². The summed E-state index contributed by atoms with van der Waals surface area (Å²) in [5.74, 6) is 0.549. The molecule has 0 unspecified atom stereocenters. The van der Waals surface area contributed by atoms with Crippen molar-refractivity contribution in [3.8, 4) is 5.75 Å². The van der Waals surface area contributed by atoms with Crippen LogP contribution in [0.25, 0.3) is 0 Å². The van der Waals surface area contributed by atoms with Gasteiger partial charge in [0, 0.05) is 24.5 Å². The number of hydrogen-bond donors (Lipinski definition) is 0. The molecule has 6 nitrogen and oxygen atoms in total. The number of methoxy groups -OCH3 is 1. The molecule has 0 N–H and O–H groups in total. The Bertz CT molecular complexity index is 1440. The van der Waals surface area contributed by atoms with E-state index in [0.29, 0.717) is 11.3 Å². The molecule has 1 saturated heterocycles. The third kappa shape index (κ3) is 8.11. The van der Waals surface area contributed by atoms with E-state index < -0.39 is 23.5 Å². The molecule has 2 radical (unpaired) electrons. The van der Waals surface area contributed by atoms with Crippen LogP contribution in [0.1, 0.15) is 38.9 Å². The summed E-state index contributed by atoms with van der Waals surface area (Å²) in [6.07, 6.45) is 0. The second kappa shape index (κ2) is 14.0. The molecule has 224 valence electrons. The number of rotatable bonds is 6. The van der Waals surface area contributed by atoms with E-state index in [1.807, 2.05) is 0 Å².